The van der Waals surface area contributed by atoms with E-state index in [0.717, 1.165) is 38.5 Å². The summed E-state index contributed by atoms with van der Waals surface area (Å²) < 4.78 is 0. The molecule has 51 heavy (non-hydrogen) atoms. The van der Waals surface area contributed by atoms with Crippen LogP contribution in [0.3, 0.4) is 0 Å². The lowest BCUT2D eigenvalue weighted by atomic mass is 10.00. The molecule has 0 rings (SSSR count). The minimum Gasteiger partial charge on any atom is -0.394 e. The van der Waals surface area contributed by atoms with E-state index in [0.29, 0.717) is 19.3 Å². The van der Waals surface area contributed by atoms with Crippen molar-refractivity contribution >= 4 is 5.91 Å². The predicted octanol–water partition coefficient (Wildman–Crippen LogP) is 11.6. The Balaban J connectivity index is 3.76. The standard InChI is InChI=1S/C45H87NO5/c1-3-5-7-9-11-13-15-17-18-19-20-21-22-23-24-25-26-27-29-30-32-34-36-38-42(48)44(50)41(40-47)46-45(51)43(49)39-37-35-33-31-28-16-14-12-10-8-6-4-2/h25-26,30,32,41-44,47-50H,3-24,27-29,31,33-40H2,1-2H3,(H,46,51)/b26-25+,32-30+. The van der Waals surface area contributed by atoms with Gasteiger partial charge in [0.25, 0.3) is 0 Å². The first-order valence-electron chi connectivity index (χ1n) is 22.2. The third-order valence-electron chi connectivity index (χ3n) is 10.4. The van der Waals surface area contributed by atoms with Crippen LogP contribution >= 0.6 is 0 Å². The number of carbonyl (C=O) groups excluding carboxylic acids is 1. The maximum absolute atomic E-state index is 12.5. The molecule has 0 aromatic heterocycles. The van der Waals surface area contributed by atoms with E-state index in [1.165, 1.54) is 154 Å². The van der Waals surface area contributed by atoms with Gasteiger partial charge in [0, 0.05) is 0 Å². The van der Waals surface area contributed by atoms with Gasteiger partial charge < -0.3 is 25.7 Å². The van der Waals surface area contributed by atoms with Crippen LogP contribution in [0.2, 0.25) is 0 Å². The molecule has 4 atom stereocenters. The van der Waals surface area contributed by atoms with Gasteiger partial charge in [-0.15, -0.1) is 0 Å². The fourth-order valence-electron chi connectivity index (χ4n) is 6.83. The van der Waals surface area contributed by atoms with Crippen molar-refractivity contribution < 1.29 is 25.2 Å². The molecule has 6 heteroatoms. The van der Waals surface area contributed by atoms with E-state index in [1.54, 1.807) is 0 Å². The molecule has 5 N–H and O–H groups in total. The summed E-state index contributed by atoms with van der Waals surface area (Å²) >= 11 is 0. The number of allylic oxidation sites excluding steroid dienone is 4. The van der Waals surface area contributed by atoms with Crippen LogP contribution in [0.15, 0.2) is 24.3 Å². The van der Waals surface area contributed by atoms with Gasteiger partial charge in [-0.05, 0) is 51.4 Å². The van der Waals surface area contributed by atoms with Gasteiger partial charge in [-0.1, -0.05) is 199 Å². The molecule has 0 aromatic rings. The Morgan fingerprint density at radius 2 is 0.824 bits per heavy atom. The van der Waals surface area contributed by atoms with Gasteiger partial charge >= 0.3 is 0 Å². The van der Waals surface area contributed by atoms with Crippen molar-refractivity contribution in [1.82, 2.24) is 5.32 Å². The van der Waals surface area contributed by atoms with Crippen molar-refractivity contribution in [3.8, 4) is 0 Å². The Morgan fingerprint density at radius 3 is 1.24 bits per heavy atom. The molecule has 1 amide bonds. The molecular formula is C45H87NO5. The molecule has 0 saturated heterocycles. The van der Waals surface area contributed by atoms with Crippen LogP contribution in [0.4, 0.5) is 0 Å². The van der Waals surface area contributed by atoms with Crippen LogP contribution in [0.1, 0.15) is 226 Å². The van der Waals surface area contributed by atoms with Gasteiger partial charge in [0.05, 0.1) is 18.8 Å². The molecule has 0 aromatic carbocycles. The third kappa shape index (κ3) is 34.3. The summed E-state index contributed by atoms with van der Waals surface area (Å²) in [6.45, 7) is 4.03. The molecule has 0 saturated carbocycles. The Morgan fingerprint density at radius 1 is 0.471 bits per heavy atom. The van der Waals surface area contributed by atoms with Gasteiger partial charge in [0.2, 0.25) is 5.91 Å². The number of rotatable bonds is 40. The third-order valence-corrected chi connectivity index (χ3v) is 10.4. The largest absolute Gasteiger partial charge is 0.394 e. The zero-order chi connectivity index (χ0) is 37.5. The Bertz CT molecular complexity index is 772. The minimum atomic E-state index is -1.29. The molecule has 0 bridgehead atoms. The maximum Gasteiger partial charge on any atom is 0.249 e. The second kappa shape index (κ2) is 40.0. The van der Waals surface area contributed by atoms with Crippen LogP contribution in [0.5, 0.6) is 0 Å². The second-order valence-electron chi connectivity index (χ2n) is 15.4. The number of carbonyl (C=O) groups is 1. The summed E-state index contributed by atoms with van der Waals surface area (Å²) in [5, 5.41) is 43.6. The number of nitrogens with one attached hydrogen (secondary N) is 1. The quantitative estimate of drug-likeness (QED) is 0.0320. The first kappa shape index (κ1) is 49.8. The summed E-state index contributed by atoms with van der Waals surface area (Å²) in [4.78, 5) is 12.5. The van der Waals surface area contributed by atoms with Crippen molar-refractivity contribution in [3.63, 3.8) is 0 Å². The molecule has 0 aliphatic carbocycles. The average molecular weight is 722 g/mol. The van der Waals surface area contributed by atoms with E-state index in [1.807, 2.05) is 0 Å². The highest BCUT2D eigenvalue weighted by molar-refractivity contribution is 5.80. The van der Waals surface area contributed by atoms with Crippen LogP contribution in [0.25, 0.3) is 0 Å². The van der Waals surface area contributed by atoms with Crippen molar-refractivity contribution in [2.45, 2.75) is 250 Å². The van der Waals surface area contributed by atoms with E-state index < -0.39 is 36.9 Å². The zero-order valence-electron chi connectivity index (χ0n) is 33.9. The van der Waals surface area contributed by atoms with Crippen LogP contribution in [-0.2, 0) is 4.79 Å². The van der Waals surface area contributed by atoms with E-state index in [-0.39, 0.29) is 0 Å². The van der Waals surface area contributed by atoms with E-state index in [9.17, 15) is 25.2 Å². The average Bonchev–Trinajstić information content (AvgIpc) is 3.13. The lowest BCUT2D eigenvalue weighted by Gasteiger charge is -2.27. The first-order valence-corrected chi connectivity index (χ1v) is 22.2. The number of aliphatic hydroxyl groups is 4. The molecule has 0 aliphatic rings. The summed E-state index contributed by atoms with van der Waals surface area (Å²) in [5.41, 5.74) is 0. The van der Waals surface area contributed by atoms with Gasteiger partial charge in [0.1, 0.15) is 12.2 Å². The van der Waals surface area contributed by atoms with Crippen molar-refractivity contribution in [2.24, 2.45) is 0 Å². The van der Waals surface area contributed by atoms with E-state index in [2.05, 4.69) is 43.5 Å². The Labute approximate surface area is 316 Å². The molecule has 0 fully saturated rings. The fourth-order valence-corrected chi connectivity index (χ4v) is 6.83. The number of hydrogen-bond donors (Lipinski definition) is 5. The lowest BCUT2D eigenvalue weighted by Crippen LogP contribution is -2.53. The van der Waals surface area contributed by atoms with Gasteiger partial charge in [-0.3, -0.25) is 4.79 Å². The van der Waals surface area contributed by atoms with Gasteiger partial charge in [-0.2, -0.15) is 0 Å². The second-order valence-corrected chi connectivity index (χ2v) is 15.4. The van der Waals surface area contributed by atoms with Crippen molar-refractivity contribution in [1.29, 1.82) is 0 Å². The molecule has 6 nitrogen and oxygen atoms in total. The molecule has 0 aliphatic heterocycles. The highest BCUT2D eigenvalue weighted by Gasteiger charge is 2.28. The highest BCUT2D eigenvalue weighted by atomic mass is 16.3. The molecule has 0 heterocycles. The molecular weight excluding hydrogens is 634 g/mol. The van der Waals surface area contributed by atoms with Gasteiger partial charge in [-0.25, -0.2) is 0 Å². The molecule has 302 valence electrons. The minimum absolute atomic E-state index is 0.363. The van der Waals surface area contributed by atoms with Crippen molar-refractivity contribution in [3.05, 3.63) is 24.3 Å². The summed E-state index contributed by atoms with van der Waals surface area (Å²) in [7, 11) is 0. The SMILES string of the molecule is CCCCCCCCCCCCCCCC/C=C/CC/C=C/CCCC(O)C(O)C(CO)NC(=O)C(O)CCCCCCCCCCCCCC. The Hall–Kier alpha value is -1.21. The van der Waals surface area contributed by atoms with E-state index >= 15 is 0 Å². The number of amides is 1. The smallest absolute Gasteiger partial charge is 0.249 e. The monoisotopic (exact) mass is 722 g/mol. The number of unbranched alkanes of at least 4 members (excludes halogenated alkanes) is 27. The fraction of sp³-hybridized carbons (Fsp3) is 0.889. The van der Waals surface area contributed by atoms with Crippen LogP contribution in [-0.4, -0.2) is 57.3 Å². The van der Waals surface area contributed by atoms with Gasteiger partial charge in [0.15, 0.2) is 0 Å². The molecule has 0 radical (unpaired) electrons. The molecule has 4 unspecified atom stereocenters. The van der Waals surface area contributed by atoms with Crippen LogP contribution < -0.4 is 5.32 Å². The molecule has 0 spiro atoms. The Kier molecular flexibility index (Phi) is 39.0. The zero-order valence-corrected chi connectivity index (χ0v) is 33.9. The summed E-state index contributed by atoms with van der Waals surface area (Å²) in [6, 6.07) is -1.00. The highest BCUT2D eigenvalue weighted by Crippen LogP contribution is 2.16. The summed E-state index contributed by atoms with van der Waals surface area (Å²) in [5.74, 6) is -0.597. The number of hydrogen-bond acceptors (Lipinski definition) is 5. The van der Waals surface area contributed by atoms with Crippen LogP contribution in [0, 0.1) is 0 Å². The topological polar surface area (TPSA) is 110 Å². The predicted molar refractivity (Wildman–Crippen MR) is 219 cm³/mol. The van der Waals surface area contributed by atoms with Crippen molar-refractivity contribution in [2.75, 3.05) is 6.61 Å². The van der Waals surface area contributed by atoms with E-state index in [4.69, 9.17) is 0 Å². The normalized spacial score (nSPS) is 14.4. The first-order chi connectivity index (χ1) is 25.0. The number of aliphatic hydroxyl groups excluding tert-OH is 4. The lowest BCUT2D eigenvalue weighted by molar-refractivity contribution is -0.132. The maximum atomic E-state index is 12.5. The summed E-state index contributed by atoms with van der Waals surface area (Å²) in [6.07, 6.45) is 45.0.